The molecule has 0 fully saturated rings. The Morgan fingerprint density at radius 3 is 1.25 bits per heavy atom. The van der Waals surface area contributed by atoms with Crippen molar-refractivity contribution < 1.29 is 24.5 Å². The smallest absolute Gasteiger partial charge is 0.305 e. The summed E-state index contributed by atoms with van der Waals surface area (Å²) < 4.78 is 5.42. The van der Waals surface area contributed by atoms with E-state index in [0.29, 0.717) is 19.4 Å². The van der Waals surface area contributed by atoms with Crippen molar-refractivity contribution in [2.75, 3.05) is 13.2 Å². The van der Waals surface area contributed by atoms with E-state index in [1.807, 2.05) is 6.08 Å². The zero-order valence-electron chi connectivity index (χ0n) is 43.2. The van der Waals surface area contributed by atoms with Crippen molar-refractivity contribution in [1.29, 1.82) is 0 Å². The molecular formula is C59H109NO5. The third-order valence-corrected chi connectivity index (χ3v) is 12.8. The first-order chi connectivity index (χ1) is 32.0. The lowest BCUT2D eigenvalue weighted by Crippen LogP contribution is -2.45. The number of aliphatic hydroxyl groups excluding tert-OH is 2. The van der Waals surface area contributed by atoms with Gasteiger partial charge in [-0.25, -0.2) is 0 Å². The minimum atomic E-state index is -0.865. The SMILES string of the molecule is CCC/C=C\C/C=C\CCCCCCCC(=O)OCCCC/C=C\CCCCCCCC(=O)NC(CO)C(O)/C=C/CCCCCCCCCCCCCCCCCCCCCCCC. The molecular weight excluding hydrogens is 803 g/mol. The highest BCUT2D eigenvalue weighted by molar-refractivity contribution is 5.76. The maximum Gasteiger partial charge on any atom is 0.305 e. The summed E-state index contributed by atoms with van der Waals surface area (Å²) in [5.74, 6) is -0.145. The normalized spacial score (nSPS) is 13.0. The van der Waals surface area contributed by atoms with Crippen molar-refractivity contribution in [3.05, 3.63) is 48.6 Å². The van der Waals surface area contributed by atoms with Gasteiger partial charge < -0.3 is 20.3 Å². The third-order valence-electron chi connectivity index (χ3n) is 12.8. The van der Waals surface area contributed by atoms with Crippen LogP contribution in [0.2, 0.25) is 0 Å². The van der Waals surface area contributed by atoms with Gasteiger partial charge in [-0.3, -0.25) is 9.59 Å². The molecule has 6 heteroatoms. The van der Waals surface area contributed by atoms with E-state index in [1.54, 1.807) is 6.08 Å². The molecule has 2 atom stereocenters. The number of hydrogen-bond acceptors (Lipinski definition) is 5. The van der Waals surface area contributed by atoms with Gasteiger partial charge in [0, 0.05) is 12.8 Å². The zero-order valence-corrected chi connectivity index (χ0v) is 43.2. The molecule has 0 bridgehead atoms. The highest BCUT2D eigenvalue weighted by Crippen LogP contribution is 2.16. The quantitative estimate of drug-likeness (QED) is 0.0321. The van der Waals surface area contributed by atoms with Crippen LogP contribution in [0.1, 0.15) is 290 Å². The second-order valence-corrected chi connectivity index (χ2v) is 19.3. The van der Waals surface area contributed by atoms with Gasteiger partial charge in [0.15, 0.2) is 0 Å². The second kappa shape index (κ2) is 54.4. The lowest BCUT2D eigenvalue weighted by molar-refractivity contribution is -0.143. The van der Waals surface area contributed by atoms with Gasteiger partial charge in [0.05, 0.1) is 25.4 Å². The molecule has 0 spiro atoms. The molecule has 0 aliphatic rings. The number of esters is 1. The molecule has 0 aliphatic heterocycles. The fourth-order valence-corrected chi connectivity index (χ4v) is 8.43. The Morgan fingerprint density at radius 1 is 0.431 bits per heavy atom. The Bertz CT molecular complexity index is 1100. The van der Waals surface area contributed by atoms with Gasteiger partial charge in [-0.2, -0.15) is 0 Å². The van der Waals surface area contributed by atoms with Crippen LogP contribution in [0, 0.1) is 0 Å². The van der Waals surface area contributed by atoms with Crippen LogP contribution in [0.15, 0.2) is 48.6 Å². The van der Waals surface area contributed by atoms with E-state index in [1.165, 1.54) is 167 Å². The molecule has 3 N–H and O–H groups in total. The third kappa shape index (κ3) is 51.1. The predicted molar refractivity (Wildman–Crippen MR) is 282 cm³/mol. The number of allylic oxidation sites excluding steroid dienone is 7. The summed E-state index contributed by atoms with van der Waals surface area (Å²) in [6.45, 7) is 4.76. The van der Waals surface area contributed by atoms with E-state index in [0.717, 1.165) is 96.3 Å². The van der Waals surface area contributed by atoms with Crippen LogP contribution in [-0.4, -0.2) is 47.4 Å². The number of amides is 1. The minimum absolute atomic E-state index is 0.0484. The standard InChI is InChI=1S/C59H109NO5/c1-3-5-7-9-11-13-15-17-18-19-20-21-22-23-24-25-26-27-29-31-35-39-43-47-51-57(62)56(55-61)60-58(63)52-48-44-40-36-32-30-34-38-42-46-50-54-65-59(64)53-49-45-41-37-33-28-16-14-12-10-8-6-4-2/h8,10,14,16,34,38,47,51,56-57,61-62H,3-7,9,11-13,15,17-33,35-37,39-46,48-50,52-55H2,1-2H3,(H,60,63)/b10-8-,16-14-,38-34-,51-47+. The topological polar surface area (TPSA) is 95.9 Å². The maximum atomic E-state index is 12.5. The predicted octanol–water partition coefficient (Wildman–Crippen LogP) is 17.4. The Labute approximate surface area is 404 Å². The monoisotopic (exact) mass is 912 g/mol. The van der Waals surface area contributed by atoms with Crippen LogP contribution in [0.3, 0.4) is 0 Å². The van der Waals surface area contributed by atoms with E-state index in [-0.39, 0.29) is 18.5 Å². The summed E-state index contributed by atoms with van der Waals surface area (Å²) in [4.78, 5) is 24.5. The number of carbonyl (C=O) groups excluding carboxylic acids is 2. The first-order valence-electron chi connectivity index (χ1n) is 28.4. The molecule has 380 valence electrons. The summed E-state index contributed by atoms with van der Waals surface area (Å²) in [6, 6.07) is -0.652. The Hall–Kier alpha value is -2.18. The molecule has 0 radical (unpaired) electrons. The van der Waals surface area contributed by atoms with Crippen molar-refractivity contribution in [1.82, 2.24) is 5.32 Å². The Balaban J connectivity index is 3.55. The molecule has 1 amide bonds. The number of hydrogen-bond donors (Lipinski definition) is 3. The number of aliphatic hydroxyl groups is 2. The minimum Gasteiger partial charge on any atom is -0.466 e. The molecule has 0 aromatic heterocycles. The lowest BCUT2D eigenvalue weighted by Gasteiger charge is -2.20. The highest BCUT2D eigenvalue weighted by atomic mass is 16.5. The van der Waals surface area contributed by atoms with E-state index < -0.39 is 12.1 Å². The summed E-state index contributed by atoms with van der Waals surface area (Å²) in [5, 5.41) is 23.2. The van der Waals surface area contributed by atoms with Gasteiger partial charge in [-0.05, 0) is 83.5 Å². The van der Waals surface area contributed by atoms with E-state index in [2.05, 4.69) is 55.6 Å². The summed E-state index contributed by atoms with van der Waals surface area (Å²) in [5.41, 5.74) is 0. The van der Waals surface area contributed by atoms with Crippen LogP contribution >= 0.6 is 0 Å². The maximum absolute atomic E-state index is 12.5. The van der Waals surface area contributed by atoms with Crippen molar-refractivity contribution >= 4 is 11.9 Å². The summed E-state index contributed by atoms with van der Waals surface area (Å²) in [7, 11) is 0. The van der Waals surface area contributed by atoms with Crippen LogP contribution < -0.4 is 5.32 Å². The van der Waals surface area contributed by atoms with Crippen molar-refractivity contribution in [2.24, 2.45) is 0 Å². The fourth-order valence-electron chi connectivity index (χ4n) is 8.43. The number of ether oxygens (including phenoxy) is 1. The zero-order chi connectivity index (χ0) is 47.2. The number of rotatable bonds is 52. The molecule has 65 heavy (non-hydrogen) atoms. The van der Waals surface area contributed by atoms with Crippen molar-refractivity contribution in [2.45, 2.75) is 302 Å². The summed E-state index contributed by atoms with van der Waals surface area (Å²) >= 11 is 0. The molecule has 0 aromatic rings. The van der Waals surface area contributed by atoms with Gasteiger partial charge in [0.2, 0.25) is 5.91 Å². The molecule has 0 saturated heterocycles. The van der Waals surface area contributed by atoms with Crippen LogP contribution in [-0.2, 0) is 14.3 Å². The Morgan fingerprint density at radius 2 is 0.800 bits per heavy atom. The van der Waals surface area contributed by atoms with E-state index >= 15 is 0 Å². The van der Waals surface area contributed by atoms with E-state index in [9.17, 15) is 19.8 Å². The molecule has 0 heterocycles. The molecule has 0 aromatic carbocycles. The Kier molecular flexibility index (Phi) is 52.6. The highest BCUT2D eigenvalue weighted by Gasteiger charge is 2.18. The van der Waals surface area contributed by atoms with Crippen LogP contribution in [0.4, 0.5) is 0 Å². The molecule has 2 unspecified atom stereocenters. The average molecular weight is 913 g/mol. The second-order valence-electron chi connectivity index (χ2n) is 19.3. The van der Waals surface area contributed by atoms with Gasteiger partial charge >= 0.3 is 5.97 Å². The first-order valence-corrected chi connectivity index (χ1v) is 28.4. The largest absolute Gasteiger partial charge is 0.466 e. The first kappa shape index (κ1) is 62.8. The molecule has 0 saturated carbocycles. The average Bonchev–Trinajstić information content (AvgIpc) is 3.31. The van der Waals surface area contributed by atoms with Crippen molar-refractivity contribution in [3.8, 4) is 0 Å². The van der Waals surface area contributed by atoms with Crippen LogP contribution in [0.25, 0.3) is 0 Å². The molecule has 6 nitrogen and oxygen atoms in total. The lowest BCUT2D eigenvalue weighted by atomic mass is 10.0. The summed E-state index contributed by atoms with van der Waals surface area (Å²) in [6.07, 6.45) is 68.5. The van der Waals surface area contributed by atoms with Crippen LogP contribution in [0.5, 0.6) is 0 Å². The van der Waals surface area contributed by atoms with Gasteiger partial charge in [-0.1, -0.05) is 242 Å². The van der Waals surface area contributed by atoms with E-state index in [4.69, 9.17) is 4.74 Å². The van der Waals surface area contributed by atoms with Gasteiger partial charge in [0.25, 0.3) is 0 Å². The van der Waals surface area contributed by atoms with Gasteiger partial charge in [-0.15, -0.1) is 0 Å². The fraction of sp³-hybridized carbons (Fsp3) is 0.831. The number of carbonyl (C=O) groups is 2. The van der Waals surface area contributed by atoms with Gasteiger partial charge in [0.1, 0.15) is 0 Å². The number of unbranched alkanes of at least 4 members (excludes halogenated alkanes) is 35. The molecule has 0 aliphatic carbocycles. The molecule has 0 rings (SSSR count). The number of nitrogens with one attached hydrogen (secondary N) is 1. The van der Waals surface area contributed by atoms with Crippen molar-refractivity contribution in [3.63, 3.8) is 0 Å².